The highest BCUT2D eigenvalue weighted by atomic mass is 35.5. The normalized spacial score (nSPS) is 18.4. The molecule has 0 spiro atoms. The SMILES string of the molecule is C[N+]1(CCCCCCCCCCCS)C=CC(c2cc[nH+]cc2)=CC1.[Cl-].[Cl-]. The van der Waals surface area contributed by atoms with Crippen LogP contribution in [-0.4, -0.2) is 30.4 Å². The molecule has 1 unspecified atom stereocenters. The van der Waals surface area contributed by atoms with Crippen molar-refractivity contribution in [2.24, 2.45) is 0 Å². The highest BCUT2D eigenvalue weighted by Crippen LogP contribution is 2.22. The van der Waals surface area contributed by atoms with Crippen molar-refractivity contribution in [1.29, 1.82) is 0 Å². The first-order valence-electron chi connectivity index (χ1n) is 10.0. The Morgan fingerprint density at radius 1 is 0.889 bits per heavy atom. The first-order valence-corrected chi connectivity index (χ1v) is 10.7. The molecule has 0 aliphatic carbocycles. The van der Waals surface area contributed by atoms with Crippen molar-refractivity contribution < 1.29 is 34.3 Å². The molecule has 1 N–H and O–H groups in total. The number of thiol groups is 1. The number of aromatic amines is 1. The van der Waals surface area contributed by atoms with E-state index >= 15 is 0 Å². The monoisotopic (exact) mass is 430 g/mol. The summed E-state index contributed by atoms with van der Waals surface area (Å²) in [5.74, 6) is 1.05. The summed E-state index contributed by atoms with van der Waals surface area (Å²) in [6.45, 7) is 2.36. The molecule has 1 atom stereocenters. The summed E-state index contributed by atoms with van der Waals surface area (Å²) < 4.78 is 1.05. The number of rotatable bonds is 12. The van der Waals surface area contributed by atoms with Gasteiger partial charge in [-0.05, 0) is 48.3 Å². The molecule has 0 fully saturated rings. The number of allylic oxidation sites excluding steroid dienone is 2. The van der Waals surface area contributed by atoms with E-state index < -0.39 is 0 Å². The van der Waals surface area contributed by atoms with E-state index in [-0.39, 0.29) is 24.8 Å². The van der Waals surface area contributed by atoms with Crippen LogP contribution in [0.4, 0.5) is 0 Å². The lowest BCUT2D eigenvalue weighted by Crippen LogP contribution is -3.00. The number of pyridine rings is 1. The zero-order valence-electron chi connectivity index (χ0n) is 16.7. The summed E-state index contributed by atoms with van der Waals surface area (Å²) in [6, 6.07) is 4.29. The van der Waals surface area contributed by atoms with Gasteiger partial charge in [0.15, 0.2) is 12.4 Å². The third-order valence-corrected chi connectivity index (χ3v) is 5.54. The summed E-state index contributed by atoms with van der Waals surface area (Å²) in [6.07, 6.45) is 23.5. The number of aromatic nitrogens is 1. The zero-order valence-corrected chi connectivity index (χ0v) is 19.1. The van der Waals surface area contributed by atoms with Crippen molar-refractivity contribution in [2.75, 3.05) is 25.9 Å². The van der Waals surface area contributed by atoms with Gasteiger partial charge in [0, 0.05) is 12.1 Å². The van der Waals surface area contributed by atoms with E-state index in [4.69, 9.17) is 0 Å². The molecule has 1 aliphatic heterocycles. The van der Waals surface area contributed by atoms with Crippen molar-refractivity contribution in [3.63, 3.8) is 0 Å². The van der Waals surface area contributed by atoms with Crippen molar-refractivity contribution in [2.45, 2.75) is 57.8 Å². The van der Waals surface area contributed by atoms with Gasteiger partial charge in [-0.25, -0.2) is 4.98 Å². The Bertz CT molecular complexity index is 549. The fraction of sp³-hybridized carbons (Fsp3) is 0.591. The molecule has 154 valence electrons. The van der Waals surface area contributed by atoms with Crippen LogP contribution in [0.5, 0.6) is 0 Å². The first kappa shape index (κ1) is 26.5. The molecule has 1 aliphatic rings. The molecule has 2 rings (SSSR count). The van der Waals surface area contributed by atoms with Crippen LogP contribution in [0.3, 0.4) is 0 Å². The Morgan fingerprint density at radius 3 is 1.96 bits per heavy atom. The van der Waals surface area contributed by atoms with E-state index in [0.717, 1.165) is 16.8 Å². The minimum absolute atomic E-state index is 0. The minimum Gasteiger partial charge on any atom is -1.00 e. The average molecular weight is 432 g/mol. The van der Waals surface area contributed by atoms with Gasteiger partial charge in [0.1, 0.15) is 6.54 Å². The van der Waals surface area contributed by atoms with E-state index in [2.05, 4.69) is 55.1 Å². The number of unbranched alkanes of at least 4 members (excludes halogenated alkanes) is 8. The lowest BCUT2D eigenvalue weighted by atomic mass is 10.0. The second-order valence-corrected chi connectivity index (χ2v) is 8.00. The fourth-order valence-corrected chi connectivity index (χ4v) is 3.70. The van der Waals surface area contributed by atoms with Gasteiger partial charge >= 0.3 is 0 Å². The highest BCUT2D eigenvalue weighted by Gasteiger charge is 2.20. The molecule has 1 aromatic rings. The second-order valence-electron chi connectivity index (χ2n) is 7.56. The predicted octanol–water partition coefficient (Wildman–Crippen LogP) is -0.693. The third-order valence-electron chi connectivity index (χ3n) is 5.22. The average Bonchev–Trinajstić information content (AvgIpc) is 2.65. The summed E-state index contributed by atoms with van der Waals surface area (Å²) in [5, 5.41) is 0. The van der Waals surface area contributed by atoms with E-state index in [1.54, 1.807) is 0 Å². The topological polar surface area (TPSA) is 14.1 Å². The van der Waals surface area contributed by atoms with E-state index in [9.17, 15) is 0 Å². The van der Waals surface area contributed by atoms with Gasteiger partial charge in [-0.3, -0.25) is 4.48 Å². The molecule has 0 bridgehead atoms. The Balaban J connectivity index is 0.00000338. The summed E-state index contributed by atoms with van der Waals surface area (Å²) >= 11 is 4.27. The molecule has 2 heterocycles. The molecular formula is C22H36Cl2N2S. The molecule has 0 radical (unpaired) electrons. The molecule has 0 saturated carbocycles. The quantitative estimate of drug-likeness (QED) is 0.256. The number of H-pyrrole nitrogens is 1. The number of hydrogen-bond acceptors (Lipinski definition) is 1. The van der Waals surface area contributed by atoms with E-state index in [1.807, 2.05) is 12.4 Å². The number of quaternary nitrogens is 1. The third kappa shape index (κ3) is 10.6. The Labute approximate surface area is 184 Å². The van der Waals surface area contributed by atoms with Crippen LogP contribution in [-0.2, 0) is 0 Å². The van der Waals surface area contributed by atoms with Crippen LogP contribution in [0.1, 0.15) is 63.4 Å². The lowest BCUT2D eigenvalue weighted by molar-refractivity contribution is -0.854. The number of nitrogens with one attached hydrogen (secondary N) is 1. The van der Waals surface area contributed by atoms with Crippen molar-refractivity contribution in [3.8, 4) is 0 Å². The summed E-state index contributed by atoms with van der Waals surface area (Å²) in [5.41, 5.74) is 2.65. The maximum Gasteiger partial charge on any atom is 0.167 e. The van der Waals surface area contributed by atoms with Gasteiger partial charge in [0.2, 0.25) is 0 Å². The van der Waals surface area contributed by atoms with Crippen molar-refractivity contribution in [1.82, 2.24) is 0 Å². The van der Waals surface area contributed by atoms with Crippen LogP contribution in [0.2, 0.25) is 0 Å². The fourth-order valence-electron chi connectivity index (χ4n) is 3.48. The number of halogens is 2. The van der Waals surface area contributed by atoms with E-state index in [1.165, 1.54) is 75.5 Å². The van der Waals surface area contributed by atoms with Crippen LogP contribution in [0, 0.1) is 0 Å². The lowest BCUT2D eigenvalue weighted by Gasteiger charge is -2.32. The van der Waals surface area contributed by atoms with Gasteiger partial charge in [-0.15, -0.1) is 0 Å². The first-order chi connectivity index (χ1) is 12.2. The zero-order chi connectivity index (χ0) is 17.8. The Morgan fingerprint density at radius 2 is 1.44 bits per heavy atom. The maximum absolute atomic E-state index is 4.27. The summed E-state index contributed by atoms with van der Waals surface area (Å²) in [4.78, 5) is 3.09. The molecule has 5 heteroatoms. The highest BCUT2D eigenvalue weighted by molar-refractivity contribution is 7.80. The number of hydrogen-bond donors (Lipinski definition) is 1. The standard InChI is InChI=1S/C22H34N2S.2ClH/c1-24(17-9-7-5-3-2-4-6-8-10-20-25)18-13-22(14-19-24)21-11-15-23-16-12-21;;/h11-16,18H,2-10,17,19-20H2,1H3;2*1H. The van der Waals surface area contributed by atoms with Gasteiger partial charge in [-0.1, -0.05) is 38.5 Å². The minimum atomic E-state index is 0. The van der Waals surface area contributed by atoms with Crippen molar-refractivity contribution in [3.05, 3.63) is 48.4 Å². The number of likely N-dealkylation sites (N-methyl/N-ethyl adjacent to an activating group) is 1. The van der Waals surface area contributed by atoms with Crippen LogP contribution in [0.15, 0.2) is 42.9 Å². The maximum atomic E-state index is 4.27. The predicted molar refractivity (Wildman–Crippen MR) is 111 cm³/mol. The van der Waals surface area contributed by atoms with Crippen molar-refractivity contribution >= 4 is 18.2 Å². The summed E-state index contributed by atoms with van der Waals surface area (Å²) in [7, 11) is 2.35. The smallest absolute Gasteiger partial charge is 0.167 e. The van der Waals surface area contributed by atoms with Crippen LogP contribution in [0.25, 0.3) is 5.57 Å². The molecule has 1 aromatic heterocycles. The molecule has 0 aromatic carbocycles. The molecule has 27 heavy (non-hydrogen) atoms. The Hall–Kier alpha value is -0.480. The van der Waals surface area contributed by atoms with Crippen LogP contribution < -0.4 is 29.8 Å². The van der Waals surface area contributed by atoms with Crippen LogP contribution >= 0.6 is 12.6 Å². The molecule has 2 nitrogen and oxygen atoms in total. The Kier molecular flexibility index (Phi) is 15.2. The molecule has 0 amide bonds. The van der Waals surface area contributed by atoms with Gasteiger partial charge in [0.25, 0.3) is 0 Å². The second kappa shape index (κ2) is 15.4. The largest absolute Gasteiger partial charge is 1.00 e. The molecular weight excluding hydrogens is 395 g/mol. The van der Waals surface area contributed by atoms with E-state index in [0.29, 0.717) is 0 Å². The number of nitrogens with zero attached hydrogens (tertiary/aromatic N) is 1. The van der Waals surface area contributed by atoms with Gasteiger partial charge in [-0.2, -0.15) is 12.6 Å². The molecule has 0 saturated heterocycles. The van der Waals surface area contributed by atoms with Gasteiger partial charge < -0.3 is 24.8 Å². The van der Waals surface area contributed by atoms with Gasteiger partial charge in [0.05, 0.1) is 19.8 Å².